The summed E-state index contributed by atoms with van der Waals surface area (Å²) in [6.07, 6.45) is 0. The minimum atomic E-state index is 0.667. The molecule has 0 aliphatic carbocycles. The van der Waals surface area contributed by atoms with Crippen LogP contribution >= 0.6 is 15.9 Å². The first-order valence-electron chi connectivity index (χ1n) is 6.64. The Labute approximate surface area is 128 Å². The molecule has 2 aromatic rings. The maximum atomic E-state index is 5.89. The molecule has 0 aliphatic heterocycles. The fourth-order valence-corrected chi connectivity index (χ4v) is 2.24. The lowest BCUT2D eigenvalue weighted by Crippen LogP contribution is -2.01. The Hall–Kier alpha value is -1.48. The normalized spacial score (nSPS) is 10.4. The van der Waals surface area contributed by atoms with Gasteiger partial charge in [0.2, 0.25) is 0 Å². The Morgan fingerprint density at radius 3 is 2.05 bits per heavy atom. The van der Waals surface area contributed by atoms with Gasteiger partial charge in [0.15, 0.2) is 0 Å². The second kappa shape index (κ2) is 6.80. The average molecular weight is 335 g/mol. The Morgan fingerprint density at radius 1 is 0.900 bits per heavy atom. The van der Waals surface area contributed by atoms with Gasteiger partial charge in [0.1, 0.15) is 17.2 Å². The highest BCUT2D eigenvalue weighted by atomic mass is 79.9. The third-order valence-electron chi connectivity index (χ3n) is 3.01. The van der Waals surface area contributed by atoms with Crippen LogP contribution in [0.3, 0.4) is 0 Å². The lowest BCUT2D eigenvalue weighted by atomic mass is 10.1. The summed E-state index contributed by atoms with van der Waals surface area (Å²) in [6.45, 7) is 6.81. The van der Waals surface area contributed by atoms with Gasteiger partial charge in [0, 0.05) is 5.33 Å². The predicted octanol–water partition coefficient (Wildman–Crippen LogP) is 5.18. The van der Waals surface area contributed by atoms with E-state index in [1.807, 2.05) is 50.2 Å². The van der Waals surface area contributed by atoms with Gasteiger partial charge in [-0.15, -0.1) is 0 Å². The molecule has 0 N–H and O–H groups in total. The largest absolute Gasteiger partial charge is 0.492 e. The summed E-state index contributed by atoms with van der Waals surface area (Å²) < 4.78 is 11.6. The van der Waals surface area contributed by atoms with Crippen molar-refractivity contribution >= 4 is 15.9 Å². The molecule has 0 spiro atoms. The van der Waals surface area contributed by atoms with E-state index in [-0.39, 0.29) is 0 Å². The van der Waals surface area contributed by atoms with Gasteiger partial charge in [0.25, 0.3) is 0 Å². The first kappa shape index (κ1) is 14.9. The minimum Gasteiger partial charge on any atom is -0.492 e. The van der Waals surface area contributed by atoms with Crippen LogP contribution in [0.25, 0.3) is 0 Å². The maximum absolute atomic E-state index is 5.89. The van der Waals surface area contributed by atoms with Crippen molar-refractivity contribution in [2.24, 2.45) is 0 Å². The van der Waals surface area contributed by atoms with Crippen LogP contribution in [0.5, 0.6) is 17.2 Å². The lowest BCUT2D eigenvalue weighted by Gasteiger charge is -2.14. The third kappa shape index (κ3) is 3.76. The highest BCUT2D eigenvalue weighted by Gasteiger charge is 2.08. The zero-order valence-electron chi connectivity index (χ0n) is 12.1. The highest BCUT2D eigenvalue weighted by Crippen LogP contribution is 2.31. The molecule has 0 aromatic heterocycles. The molecule has 0 aliphatic rings. The average Bonchev–Trinajstić information content (AvgIpc) is 2.41. The molecule has 2 aromatic carbocycles. The van der Waals surface area contributed by atoms with Crippen molar-refractivity contribution in [3.63, 3.8) is 0 Å². The smallest absolute Gasteiger partial charge is 0.128 e. The predicted molar refractivity (Wildman–Crippen MR) is 86.5 cm³/mol. The Bertz CT molecular complexity index is 553. The topological polar surface area (TPSA) is 18.5 Å². The minimum absolute atomic E-state index is 0.667. The van der Waals surface area contributed by atoms with Crippen LogP contribution in [-0.2, 0) is 0 Å². The van der Waals surface area contributed by atoms with Gasteiger partial charge in [0.05, 0.1) is 6.61 Å². The summed E-state index contributed by atoms with van der Waals surface area (Å²) in [5.41, 5.74) is 3.41. The summed E-state index contributed by atoms with van der Waals surface area (Å²) in [5.74, 6) is 2.64. The van der Waals surface area contributed by atoms with E-state index < -0.39 is 0 Å². The number of hydrogen-bond donors (Lipinski definition) is 0. The van der Waals surface area contributed by atoms with E-state index >= 15 is 0 Å². The van der Waals surface area contributed by atoms with E-state index in [2.05, 4.69) is 22.9 Å². The molecule has 0 fully saturated rings. The maximum Gasteiger partial charge on any atom is 0.128 e. The van der Waals surface area contributed by atoms with Crippen molar-refractivity contribution < 1.29 is 9.47 Å². The molecule has 0 saturated carbocycles. The summed E-state index contributed by atoms with van der Waals surface area (Å²) in [7, 11) is 0. The Kier molecular flexibility index (Phi) is 5.07. The van der Waals surface area contributed by atoms with Crippen LogP contribution < -0.4 is 9.47 Å². The number of halogens is 1. The second-order valence-corrected chi connectivity index (χ2v) is 5.63. The molecule has 0 atom stereocenters. The number of alkyl halides is 1. The molecule has 0 amide bonds. The van der Waals surface area contributed by atoms with Gasteiger partial charge >= 0.3 is 0 Å². The van der Waals surface area contributed by atoms with E-state index in [9.17, 15) is 0 Å². The molecular weight excluding hydrogens is 316 g/mol. The molecule has 0 saturated heterocycles. The quantitative estimate of drug-likeness (QED) is 0.701. The number of rotatable bonds is 5. The number of benzene rings is 2. The van der Waals surface area contributed by atoms with E-state index in [0.717, 1.165) is 33.7 Å². The summed E-state index contributed by atoms with van der Waals surface area (Å²) >= 11 is 3.37. The van der Waals surface area contributed by atoms with Gasteiger partial charge in [-0.05, 0) is 56.2 Å². The fourth-order valence-electron chi connectivity index (χ4n) is 2.08. The number of ether oxygens (including phenoxy) is 2. The first-order valence-corrected chi connectivity index (χ1v) is 7.77. The van der Waals surface area contributed by atoms with Crippen molar-refractivity contribution in [3.05, 3.63) is 53.1 Å². The van der Waals surface area contributed by atoms with Gasteiger partial charge in [-0.1, -0.05) is 33.6 Å². The molecule has 0 bridgehead atoms. The molecule has 2 rings (SSSR count). The van der Waals surface area contributed by atoms with E-state index in [1.165, 1.54) is 5.56 Å². The van der Waals surface area contributed by atoms with Gasteiger partial charge in [-0.25, -0.2) is 0 Å². The van der Waals surface area contributed by atoms with Crippen molar-refractivity contribution in [2.75, 3.05) is 11.9 Å². The molecule has 0 heterocycles. The van der Waals surface area contributed by atoms with E-state index in [4.69, 9.17) is 9.47 Å². The Balaban J connectivity index is 2.19. The molecule has 2 nitrogen and oxygen atoms in total. The van der Waals surface area contributed by atoms with Crippen LogP contribution in [0.1, 0.15) is 16.7 Å². The molecule has 0 radical (unpaired) electrons. The van der Waals surface area contributed by atoms with Crippen LogP contribution in [0.2, 0.25) is 0 Å². The molecule has 20 heavy (non-hydrogen) atoms. The number of aryl methyl sites for hydroxylation is 3. The summed E-state index contributed by atoms with van der Waals surface area (Å²) in [4.78, 5) is 0. The zero-order chi connectivity index (χ0) is 14.5. The van der Waals surface area contributed by atoms with Crippen LogP contribution in [0, 0.1) is 20.8 Å². The van der Waals surface area contributed by atoms with E-state index in [0.29, 0.717) is 6.61 Å². The van der Waals surface area contributed by atoms with E-state index in [1.54, 1.807) is 0 Å². The lowest BCUT2D eigenvalue weighted by molar-refractivity contribution is 0.339. The standard InChI is InChI=1S/C17H19BrO2/c1-12-4-6-15(7-5-12)20-16-10-13(2)17(14(3)11-16)19-9-8-18/h4-7,10-11H,8-9H2,1-3H3. The van der Waals surface area contributed by atoms with Crippen molar-refractivity contribution in [3.8, 4) is 17.2 Å². The molecular formula is C17H19BrO2. The molecule has 0 unspecified atom stereocenters. The molecule has 3 heteroatoms. The Morgan fingerprint density at radius 2 is 1.50 bits per heavy atom. The first-order chi connectivity index (χ1) is 9.60. The number of hydrogen-bond acceptors (Lipinski definition) is 2. The van der Waals surface area contributed by atoms with Crippen molar-refractivity contribution in [1.29, 1.82) is 0 Å². The van der Waals surface area contributed by atoms with Gasteiger partial charge in [-0.3, -0.25) is 0 Å². The second-order valence-electron chi connectivity index (χ2n) is 4.84. The van der Waals surface area contributed by atoms with Crippen LogP contribution in [0.4, 0.5) is 0 Å². The van der Waals surface area contributed by atoms with Crippen molar-refractivity contribution in [2.45, 2.75) is 20.8 Å². The third-order valence-corrected chi connectivity index (χ3v) is 3.34. The fraction of sp³-hybridized carbons (Fsp3) is 0.294. The monoisotopic (exact) mass is 334 g/mol. The van der Waals surface area contributed by atoms with Crippen molar-refractivity contribution in [1.82, 2.24) is 0 Å². The van der Waals surface area contributed by atoms with Crippen LogP contribution in [-0.4, -0.2) is 11.9 Å². The highest BCUT2D eigenvalue weighted by molar-refractivity contribution is 9.09. The van der Waals surface area contributed by atoms with Gasteiger partial charge in [-0.2, -0.15) is 0 Å². The zero-order valence-corrected chi connectivity index (χ0v) is 13.7. The van der Waals surface area contributed by atoms with Crippen LogP contribution in [0.15, 0.2) is 36.4 Å². The summed E-state index contributed by atoms with van der Waals surface area (Å²) in [5, 5.41) is 0.827. The summed E-state index contributed by atoms with van der Waals surface area (Å²) in [6, 6.07) is 12.1. The SMILES string of the molecule is Cc1ccc(Oc2cc(C)c(OCCBr)c(C)c2)cc1. The van der Waals surface area contributed by atoms with Gasteiger partial charge < -0.3 is 9.47 Å². The molecule has 106 valence electrons.